The normalized spacial score (nSPS) is 20.2. The maximum atomic E-state index is 13.5. The lowest BCUT2D eigenvalue weighted by molar-refractivity contribution is 0.143. The predicted molar refractivity (Wildman–Crippen MR) is 70.8 cm³/mol. The molecule has 106 valence electrons. The van der Waals surface area contributed by atoms with E-state index in [-0.39, 0.29) is 17.6 Å². The Bertz CT molecular complexity index is 430. The van der Waals surface area contributed by atoms with Crippen molar-refractivity contribution >= 4 is 0 Å². The summed E-state index contributed by atoms with van der Waals surface area (Å²) in [5.74, 6) is -1.09. The van der Waals surface area contributed by atoms with Gasteiger partial charge >= 0.3 is 0 Å². The molecular weight excluding hydrogens is 248 g/mol. The topological polar surface area (TPSA) is 32.3 Å². The molecule has 0 saturated heterocycles. The van der Waals surface area contributed by atoms with E-state index in [0.29, 0.717) is 0 Å². The monoisotopic (exact) mass is 269 g/mol. The van der Waals surface area contributed by atoms with Crippen molar-refractivity contribution < 1.29 is 13.9 Å². The molecular formula is C15H21F2NO. The number of rotatable bonds is 4. The van der Waals surface area contributed by atoms with Gasteiger partial charge < -0.3 is 10.4 Å². The molecule has 0 heterocycles. The van der Waals surface area contributed by atoms with Gasteiger partial charge in [0.1, 0.15) is 11.6 Å². The molecule has 0 spiro atoms. The van der Waals surface area contributed by atoms with Crippen LogP contribution >= 0.6 is 0 Å². The Morgan fingerprint density at radius 3 is 2.63 bits per heavy atom. The van der Waals surface area contributed by atoms with E-state index >= 15 is 0 Å². The molecule has 1 aromatic rings. The number of benzene rings is 1. The number of aliphatic hydroxyl groups excluding tert-OH is 1. The van der Waals surface area contributed by atoms with Crippen LogP contribution in [0.15, 0.2) is 18.2 Å². The summed E-state index contributed by atoms with van der Waals surface area (Å²) in [6.45, 7) is 2.37. The molecule has 1 unspecified atom stereocenters. The molecule has 19 heavy (non-hydrogen) atoms. The van der Waals surface area contributed by atoms with Crippen LogP contribution in [-0.4, -0.2) is 17.2 Å². The van der Waals surface area contributed by atoms with Crippen molar-refractivity contribution in [2.24, 2.45) is 0 Å². The SMILES string of the molecule is CC1(NCC(O)c2cc(F)ccc2F)CCCCC1. The molecule has 0 aromatic heterocycles. The number of halogens is 2. The Morgan fingerprint density at radius 2 is 1.95 bits per heavy atom. The van der Waals surface area contributed by atoms with Crippen LogP contribution in [0, 0.1) is 11.6 Å². The Labute approximate surface area is 112 Å². The van der Waals surface area contributed by atoms with E-state index < -0.39 is 17.7 Å². The van der Waals surface area contributed by atoms with Crippen molar-refractivity contribution in [3.8, 4) is 0 Å². The zero-order valence-electron chi connectivity index (χ0n) is 11.3. The van der Waals surface area contributed by atoms with Gasteiger partial charge in [0, 0.05) is 17.6 Å². The highest BCUT2D eigenvalue weighted by molar-refractivity contribution is 5.21. The Balaban J connectivity index is 1.97. The van der Waals surface area contributed by atoms with Crippen molar-refractivity contribution in [3.63, 3.8) is 0 Å². The first-order chi connectivity index (χ1) is 9.00. The van der Waals surface area contributed by atoms with E-state index in [1.165, 1.54) is 19.3 Å². The van der Waals surface area contributed by atoms with Gasteiger partial charge in [-0.25, -0.2) is 8.78 Å². The molecule has 4 heteroatoms. The molecule has 1 aromatic carbocycles. The molecule has 2 rings (SSSR count). The molecule has 0 bridgehead atoms. The van der Waals surface area contributed by atoms with Crippen molar-refractivity contribution in [1.82, 2.24) is 5.32 Å². The highest BCUT2D eigenvalue weighted by Crippen LogP contribution is 2.28. The van der Waals surface area contributed by atoms with Crippen LogP contribution in [0.5, 0.6) is 0 Å². The average molecular weight is 269 g/mol. The number of hydrogen-bond acceptors (Lipinski definition) is 2. The molecule has 2 N–H and O–H groups in total. The van der Waals surface area contributed by atoms with Gasteiger partial charge in [-0.05, 0) is 38.0 Å². The number of hydrogen-bond donors (Lipinski definition) is 2. The van der Waals surface area contributed by atoms with Gasteiger partial charge in [0.25, 0.3) is 0 Å². The number of β-amino-alcohol motifs (C(OH)–C–C–N with tert-alkyl or cyclic N) is 1. The van der Waals surface area contributed by atoms with E-state index in [1.54, 1.807) is 0 Å². The minimum Gasteiger partial charge on any atom is -0.387 e. The fourth-order valence-electron chi connectivity index (χ4n) is 2.73. The summed E-state index contributed by atoms with van der Waals surface area (Å²) in [6, 6.07) is 3.17. The Hall–Kier alpha value is -1.00. The first-order valence-electron chi connectivity index (χ1n) is 6.88. The zero-order chi connectivity index (χ0) is 13.9. The molecule has 0 amide bonds. The quantitative estimate of drug-likeness (QED) is 0.879. The molecule has 1 atom stereocenters. The molecule has 0 aliphatic heterocycles. The zero-order valence-corrected chi connectivity index (χ0v) is 11.3. The fourth-order valence-corrected chi connectivity index (χ4v) is 2.73. The standard InChI is InChI=1S/C15H21F2NO/c1-15(7-3-2-4-8-15)18-10-14(19)12-9-11(16)5-6-13(12)17/h5-6,9,14,18-19H,2-4,7-8,10H2,1H3. The summed E-state index contributed by atoms with van der Waals surface area (Å²) in [4.78, 5) is 0. The summed E-state index contributed by atoms with van der Waals surface area (Å²) in [5.41, 5.74) is 0.0233. The van der Waals surface area contributed by atoms with Crippen LogP contribution in [0.4, 0.5) is 8.78 Å². The van der Waals surface area contributed by atoms with E-state index in [4.69, 9.17) is 0 Å². The van der Waals surface area contributed by atoms with E-state index in [0.717, 1.165) is 31.0 Å². The minimum atomic E-state index is -1.02. The van der Waals surface area contributed by atoms with Gasteiger partial charge in [-0.2, -0.15) is 0 Å². The molecule has 1 fully saturated rings. The lowest BCUT2D eigenvalue weighted by Gasteiger charge is -2.35. The second-order valence-corrected chi connectivity index (χ2v) is 5.68. The second-order valence-electron chi connectivity index (χ2n) is 5.68. The van der Waals surface area contributed by atoms with Crippen LogP contribution in [0.2, 0.25) is 0 Å². The second kappa shape index (κ2) is 5.97. The number of nitrogens with one attached hydrogen (secondary N) is 1. The summed E-state index contributed by atoms with van der Waals surface area (Å²) < 4.78 is 26.6. The van der Waals surface area contributed by atoms with Gasteiger partial charge in [-0.15, -0.1) is 0 Å². The number of aliphatic hydroxyl groups is 1. The minimum absolute atomic E-state index is 0.00301. The van der Waals surface area contributed by atoms with E-state index in [1.807, 2.05) is 0 Å². The molecule has 2 nitrogen and oxygen atoms in total. The van der Waals surface area contributed by atoms with Crippen molar-refractivity contribution in [1.29, 1.82) is 0 Å². The van der Waals surface area contributed by atoms with Crippen LogP contribution < -0.4 is 5.32 Å². The van der Waals surface area contributed by atoms with Crippen LogP contribution in [0.3, 0.4) is 0 Å². The molecule has 0 radical (unpaired) electrons. The molecule has 1 aliphatic rings. The summed E-state index contributed by atoms with van der Waals surface area (Å²) in [5, 5.41) is 13.3. The van der Waals surface area contributed by atoms with Gasteiger partial charge in [0.05, 0.1) is 6.10 Å². The van der Waals surface area contributed by atoms with Crippen molar-refractivity contribution in [2.75, 3.05) is 6.54 Å². The maximum absolute atomic E-state index is 13.5. The van der Waals surface area contributed by atoms with Crippen LogP contribution in [0.1, 0.15) is 50.7 Å². The van der Waals surface area contributed by atoms with Crippen LogP contribution in [0.25, 0.3) is 0 Å². The Kier molecular flexibility index (Phi) is 4.53. The third-order valence-electron chi connectivity index (χ3n) is 4.00. The summed E-state index contributed by atoms with van der Waals surface area (Å²) in [6.07, 6.45) is 4.70. The Morgan fingerprint density at radius 1 is 1.26 bits per heavy atom. The van der Waals surface area contributed by atoms with Crippen molar-refractivity contribution in [3.05, 3.63) is 35.4 Å². The van der Waals surface area contributed by atoms with Gasteiger partial charge in [-0.1, -0.05) is 19.3 Å². The smallest absolute Gasteiger partial charge is 0.129 e. The van der Waals surface area contributed by atoms with E-state index in [2.05, 4.69) is 12.2 Å². The predicted octanol–water partition coefficient (Wildman–Crippen LogP) is 3.31. The third-order valence-corrected chi connectivity index (χ3v) is 4.00. The molecule has 1 saturated carbocycles. The lowest BCUT2D eigenvalue weighted by atomic mass is 9.83. The van der Waals surface area contributed by atoms with Gasteiger partial charge in [0.15, 0.2) is 0 Å². The summed E-state index contributed by atoms with van der Waals surface area (Å²) in [7, 11) is 0. The molecule has 1 aliphatic carbocycles. The third kappa shape index (κ3) is 3.74. The first-order valence-corrected chi connectivity index (χ1v) is 6.88. The van der Waals surface area contributed by atoms with Gasteiger partial charge in [0.2, 0.25) is 0 Å². The first kappa shape index (κ1) is 14.4. The lowest BCUT2D eigenvalue weighted by Crippen LogP contribution is -2.45. The maximum Gasteiger partial charge on any atom is 0.129 e. The highest BCUT2D eigenvalue weighted by atomic mass is 19.1. The van der Waals surface area contributed by atoms with Crippen molar-refractivity contribution in [2.45, 2.75) is 50.7 Å². The van der Waals surface area contributed by atoms with E-state index in [9.17, 15) is 13.9 Å². The largest absolute Gasteiger partial charge is 0.387 e. The van der Waals surface area contributed by atoms with Gasteiger partial charge in [-0.3, -0.25) is 0 Å². The average Bonchev–Trinajstić information content (AvgIpc) is 2.40. The summed E-state index contributed by atoms with van der Waals surface area (Å²) >= 11 is 0. The fraction of sp³-hybridized carbons (Fsp3) is 0.600. The highest BCUT2D eigenvalue weighted by Gasteiger charge is 2.27. The van der Waals surface area contributed by atoms with Crippen LogP contribution in [-0.2, 0) is 0 Å².